The fraction of sp³-hybridized carbons (Fsp3) is 0.156. The van der Waals surface area contributed by atoms with Gasteiger partial charge in [-0.1, -0.05) is 66.7 Å². The van der Waals surface area contributed by atoms with Crippen LogP contribution >= 0.6 is 11.3 Å². The van der Waals surface area contributed by atoms with Gasteiger partial charge in [-0.3, -0.25) is 19.9 Å². The van der Waals surface area contributed by atoms with E-state index in [1.54, 1.807) is 12.4 Å². The van der Waals surface area contributed by atoms with Crippen molar-refractivity contribution in [3.05, 3.63) is 135 Å². The number of fused-ring (bicyclic) bond motifs is 1. The molecule has 3 aliphatic carbocycles. The summed E-state index contributed by atoms with van der Waals surface area (Å²) in [6.07, 6.45) is 3.59. The van der Waals surface area contributed by atoms with Gasteiger partial charge in [0.25, 0.3) is 5.54 Å². The van der Waals surface area contributed by atoms with Crippen LogP contribution in [0.25, 0.3) is 22.4 Å². The van der Waals surface area contributed by atoms with Gasteiger partial charge in [-0.05, 0) is 47.4 Å². The molecule has 0 fully saturated rings. The Bertz CT molecular complexity index is 1750. The first kappa shape index (κ1) is 24.4. The molecule has 8 rings (SSSR count). The lowest BCUT2D eigenvalue weighted by Gasteiger charge is -2.52. The lowest BCUT2D eigenvalue weighted by atomic mass is 9.49. The number of amides is 1. The molecule has 0 spiro atoms. The lowest BCUT2D eigenvalue weighted by Crippen LogP contribution is -2.57. The van der Waals surface area contributed by atoms with Crippen molar-refractivity contribution >= 4 is 22.4 Å². The van der Waals surface area contributed by atoms with E-state index >= 15 is 0 Å². The molecule has 3 aliphatic rings. The Labute approximate surface area is 234 Å². The molecule has 5 aromatic rings. The molecule has 40 heavy (non-hydrogen) atoms. The zero-order valence-electron chi connectivity index (χ0n) is 21.6. The Balaban J connectivity index is 1.24. The number of carbonyl (C=O) groups excluding carboxylic acids is 1. The molecule has 2 bridgehead atoms. The number of aromatic nitrogens is 2. The van der Waals surface area contributed by atoms with Crippen LogP contribution in [0.1, 0.15) is 41.5 Å². The van der Waals surface area contributed by atoms with Crippen LogP contribution in [-0.4, -0.2) is 20.8 Å². The van der Waals surface area contributed by atoms with Crippen LogP contribution in [-0.2, 0) is 10.3 Å². The lowest BCUT2D eigenvalue weighted by molar-refractivity contribution is -0.573. The number of nitro groups is 1. The minimum absolute atomic E-state index is 0.0732. The first-order chi connectivity index (χ1) is 19.4. The van der Waals surface area contributed by atoms with Gasteiger partial charge in [0.05, 0.1) is 11.1 Å². The van der Waals surface area contributed by atoms with Gasteiger partial charge in [0.2, 0.25) is 5.91 Å². The Morgan fingerprint density at radius 1 is 0.925 bits per heavy atom. The molecule has 1 N–H and O–H groups in total. The number of thiazole rings is 1. The standard InChI is InChI=1S/C32H24N4O3S/c1-31(19-32(36(38)39)25-11-4-2-9-23(25)28(31)24-10-3-5-12-26(24)32)29(37)35-30-34-27(18-40-30)22-8-6-7-21(17-22)20-13-15-33-16-14-20/h2-18,28H,19H2,1H3,(H,34,35,37). The number of carbonyl (C=O) groups is 1. The Kier molecular flexibility index (Phi) is 5.43. The van der Waals surface area contributed by atoms with Crippen molar-refractivity contribution in [3.8, 4) is 22.4 Å². The van der Waals surface area contributed by atoms with Crippen LogP contribution in [0.4, 0.5) is 5.13 Å². The molecule has 0 radical (unpaired) electrons. The predicted octanol–water partition coefficient (Wildman–Crippen LogP) is 6.89. The maximum atomic E-state index is 14.1. The number of nitrogens with zero attached hydrogens (tertiary/aromatic N) is 3. The van der Waals surface area contributed by atoms with E-state index in [4.69, 9.17) is 4.98 Å². The first-order valence-corrected chi connectivity index (χ1v) is 13.9. The zero-order chi connectivity index (χ0) is 27.5. The number of benzene rings is 3. The van der Waals surface area contributed by atoms with Crippen molar-refractivity contribution in [2.75, 3.05) is 5.32 Å². The maximum Gasteiger partial charge on any atom is 0.273 e. The number of hydrogen-bond donors (Lipinski definition) is 1. The number of anilines is 1. The van der Waals surface area contributed by atoms with E-state index < -0.39 is 11.0 Å². The highest BCUT2D eigenvalue weighted by Gasteiger charge is 2.67. The molecular formula is C32H24N4O3S. The summed E-state index contributed by atoms with van der Waals surface area (Å²) in [5, 5.41) is 18.3. The van der Waals surface area contributed by atoms with E-state index in [0.29, 0.717) is 16.3 Å². The highest BCUT2D eigenvalue weighted by atomic mass is 32.1. The molecule has 1 unspecified atom stereocenters. The summed E-state index contributed by atoms with van der Waals surface area (Å²) in [7, 11) is 0. The van der Waals surface area contributed by atoms with Crippen LogP contribution < -0.4 is 5.32 Å². The van der Waals surface area contributed by atoms with Crippen LogP contribution in [0.5, 0.6) is 0 Å². The number of nitrogens with one attached hydrogen (secondary N) is 1. The van der Waals surface area contributed by atoms with E-state index in [1.165, 1.54) is 11.3 Å². The van der Waals surface area contributed by atoms with Gasteiger partial charge in [-0.2, -0.15) is 0 Å². The molecule has 0 saturated carbocycles. The van der Waals surface area contributed by atoms with E-state index in [9.17, 15) is 14.9 Å². The van der Waals surface area contributed by atoms with Crippen LogP contribution in [0.2, 0.25) is 0 Å². The van der Waals surface area contributed by atoms with Crippen molar-refractivity contribution in [2.45, 2.75) is 24.8 Å². The average molecular weight is 545 g/mol. The number of pyridine rings is 1. The summed E-state index contributed by atoms with van der Waals surface area (Å²) in [5.41, 5.74) is 4.29. The molecule has 1 amide bonds. The van der Waals surface area contributed by atoms with Crippen LogP contribution in [0.3, 0.4) is 0 Å². The van der Waals surface area contributed by atoms with Crippen molar-refractivity contribution in [1.82, 2.24) is 9.97 Å². The second-order valence-electron chi connectivity index (χ2n) is 10.6. The van der Waals surface area contributed by atoms with Gasteiger partial charge in [0.15, 0.2) is 5.13 Å². The monoisotopic (exact) mass is 544 g/mol. The predicted molar refractivity (Wildman–Crippen MR) is 155 cm³/mol. The normalized spacial score (nSPS) is 22.3. The summed E-state index contributed by atoms with van der Waals surface area (Å²) in [5.74, 6) is -0.572. The third-order valence-corrected chi connectivity index (χ3v) is 9.18. The topological polar surface area (TPSA) is 98.0 Å². The molecule has 1 atom stereocenters. The first-order valence-electron chi connectivity index (χ1n) is 13.0. The van der Waals surface area contributed by atoms with Crippen molar-refractivity contribution in [2.24, 2.45) is 5.41 Å². The molecule has 0 aliphatic heterocycles. The molecular weight excluding hydrogens is 520 g/mol. The molecule has 3 aromatic carbocycles. The molecule has 196 valence electrons. The highest BCUT2D eigenvalue weighted by molar-refractivity contribution is 7.14. The fourth-order valence-corrected chi connectivity index (χ4v) is 7.37. The molecule has 2 aromatic heterocycles. The van der Waals surface area contributed by atoms with Gasteiger partial charge in [-0.25, -0.2) is 4.98 Å². The van der Waals surface area contributed by atoms with Crippen molar-refractivity contribution in [1.29, 1.82) is 0 Å². The van der Waals surface area contributed by atoms with Gasteiger partial charge in [0, 0.05) is 51.7 Å². The minimum atomic E-state index is -1.49. The second-order valence-corrected chi connectivity index (χ2v) is 11.5. The molecule has 8 heteroatoms. The third-order valence-electron chi connectivity index (χ3n) is 8.42. The second kappa shape index (κ2) is 8.93. The Hall–Kier alpha value is -4.69. The van der Waals surface area contributed by atoms with Gasteiger partial charge >= 0.3 is 0 Å². The fourth-order valence-electron chi connectivity index (χ4n) is 6.65. The number of hydrogen-bond acceptors (Lipinski definition) is 6. The van der Waals surface area contributed by atoms with E-state index in [0.717, 1.165) is 33.5 Å². The van der Waals surface area contributed by atoms with Gasteiger partial charge < -0.3 is 5.32 Å². The minimum Gasteiger partial charge on any atom is -0.301 e. The largest absolute Gasteiger partial charge is 0.301 e. The van der Waals surface area contributed by atoms with Crippen LogP contribution in [0.15, 0.2) is 103 Å². The molecule has 2 heterocycles. The zero-order valence-corrected chi connectivity index (χ0v) is 22.4. The summed E-state index contributed by atoms with van der Waals surface area (Å²) in [6, 6.07) is 27.0. The summed E-state index contributed by atoms with van der Waals surface area (Å²) < 4.78 is 0. The highest BCUT2D eigenvalue weighted by Crippen LogP contribution is 2.64. The quantitative estimate of drug-likeness (QED) is 0.192. The average Bonchev–Trinajstić information content (AvgIpc) is 3.46. The Morgan fingerprint density at radius 3 is 2.25 bits per heavy atom. The van der Waals surface area contributed by atoms with Crippen molar-refractivity contribution < 1.29 is 9.72 Å². The molecule has 0 saturated heterocycles. The van der Waals surface area contributed by atoms with E-state index in [1.807, 2.05) is 91.2 Å². The van der Waals surface area contributed by atoms with Crippen molar-refractivity contribution in [3.63, 3.8) is 0 Å². The number of rotatable bonds is 5. The van der Waals surface area contributed by atoms with Gasteiger partial charge in [0.1, 0.15) is 0 Å². The van der Waals surface area contributed by atoms with Crippen LogP contribution in [0, 0.1) is 15.5 Å². The molecule has 7 nitrogen and oxygen atoms in total. The SMILES string of the molecule is CC1(C(=O)Nc2nc(-c3cccc(-c4ccncc4)c3)cs2)CC2([N+](=O)[O-])c3ccccc3C1c1ccccc12. The Morgan fingerprint density at radius 2 is 1.57 bits per heavy atom. The van der Waals surface area contributed by atoms with Gasteiger partial charge in [-0.15, -0.1) is 11.3 Å². The van der Waals surface area contributed by atoms with E-state index in [2.05, 4.69) is 16.4 Å². The third kappa shape index (κ3) is 3.46. The summed E-state index contributed by atoms with van der Waals surface area (Å²) in [6.45, 7) is 1.85. The summed E-state index contributed by atoms with van der Waals surface area (Å²) >= 11 is 1.35. The maximum absolute atomic E-state index is 14.1. The summed E-state index contributed by atoms with van der Waals surface area (Å²) in [4.78, 5) is 35.6. The smallest absolute Gasteiger partial charge is 0.273 e. The van der Waals surface area contributed by atoms with E-state index in [-0.39, 0.29) is 23.2 Å².